The average Bonchev–Trinajstić information content (AvgIpc) is 2.40. The van der Waals surface area contributed by atoms with Crippen LogP contribution in [0.15, 0.2) is 22.7 Å². The van der Waals surface area contributed by atoms with E-state index >= 15 is 0 Å². The minimum Gasteiger partial charge on any atom is -0.385 e. The van der Waals surface area contributed by atoms with Crippen molar-refractivity contribution in [2.24, 2.45) is 0 Å². The standard InChI is InChI=1S/C13H16BrFN2O3/c1-8(5-6-20-2)16-12(18)13(19)17-11-7-9(14)3-4-10(11)15/h3-4,7-8H,5-6H2,1-2H3,(H,16,18)(H,17,19)/t8-/m0/s1. The van der Waals surface area contributed by atoms with Crippen molar-refractivity contribution in [1.29, 1.82) is 0 Å². The average molecular weight is 347 g/mol. The molecule has 7 heteroatoms. The number of benzene rings is 1. The molecule has 110 valence electrons. The van der Waals surface area contributed by atoms with Gasteiger partial charge in [-0.05, 0) is 31.5 Å². The molecule has 0 bridgehead atoms. The van der Waals surface area contributed by atoms with E-state index in [-0.39, 0.29) is 11.7 Å². The van der Waals surface area contributed by atoms with Gasteiger partial charge in [-0.25, -0.2) is 4.39 Å². The summed E-state index contributed by atoms with van der Waals surface area (Å²) in [5, 5.41) is 4.73. The normalized spacial score (nSPS) is 11.8. The van der Waals surface area contributed by atoms with Crippen LogP contribution in [-0.2, 0) is 14.3 Å². The predicted molar refractivity (Wildman–Crippen MR) is 76.8 cm³/mol. The number of nitrogens with one attached hydrogen (secondary N) is 2. The molecule has 0 radical (unpaired) electrons. The van der Waals surface area contributed by atoms with Crippen LogP contribution in [0.25, 0.3) is 0 Å². The summed E-state index contributed by atoms with van der Waals surface area (Å²) in [4.78, 5) is 23.3. The Balaban J connectivity index is 2.57. The topological polar surface area (TPSA) is 67.4 Å². The Kier molecular flexibility index (Phi) is 6.60. The second-order valence-corrected chi connectivity index (χ2v) is 5.15. The number of amides is 2. The number of methoxy groups -OCH3 is 1. The van der Waals surface area contributed by atoms with E-state index in [1.54, 1.807) is 14.0 Å². The van der Waals surface area contributed by atoms with E-state index in [2.05, 4.69) is 26.6 Å². The molecule has 0 aliphatic carbocycles. The van der Waals surface area contributed by atoms with Crippen LogP contribution in [0.5, 0.6) is 0 Å². The van der Waals surface area contributed by atoms with Gasteiger partial charge in [0.25, 0.3) is 0 Å². The Labute approximate surface area is 125 Å². The summed E-state index contributed by atoms with van der Waals surface area (Å²) in [5.74, 6) is -2.33. The second kappa shape index (κ2) is 7.96. The lowest BCUT2D eigenvalue weighted by Gasteiger charge is -2.13. The quantitative estimate of drug-likeness (QED) is 0.802. The van der Waals surface area contributed by atoms with Crippen molar-refractivity contribution in [3.05, 3.63) is 28.5 Å². The second-order valence-electron chi connectivity index (χ2n) is 4.23. The van der Waals surface area contributed by atoms with Gasteiger partial charge in [-0.1, -0.05) is 15.9 Å². The van der Waals surface area contributed by atoms with Gasteiger partial charge in [-0.3, -0.25) is 9.59 Å². The zero-order chi connectivity index (χ0) is 15.1. The summed E-state index contributed by atoms with van der Waals surface area (Å²) in [6.45, 7) is 2.23. The highest BCUT2D eigenvalue weighted by atomic mass is 79.9. The van der Waals surface area contributed by atoms with Crippen molar-refractivity contribution in [3.63, 3.8) is 0 Å². The third-order valence-electron chi connectivity index (χ3n) is 2.52. The molecule has 0 saturated carbocycles. The van der Waals surface area contributed by atoms with Crippen molar-refractivity contribution in [1.82, 2.24) is 5.32 Å². The molecule has 1 aromatic carbocycles. The summed E-state index contributed by atoms with van der Waals surface area (Å²) in [6, 6.07) is 3.87. The lowest BCUT2D eigenvalue weighted by Crippen LogP contribution is -2.41. The van der Waals surface area contributed by atoms with Crippen LogP contribution in [0, 0.1) is 5.82 Å². The first-order valence-electron chi connectivity index (χ1n) is 6.00. The molecule has 20 heavy (non-hydrogen) atoms. The molecule has 2 N–H and O–H groups in total. The third kappa shape index (κ3) is 5.26. The van der Waals surface area contributed by atoms with Gasteiger partial charge >= 0.3 is 11.8 Å². The lowest BCUT2D eigenvalue weighted by molar-refractivity contribution is -0.136. The maximum Gasteiger partial charge on any atom is 0.313 e. The molecule has 1 aromatic rings. The summed E-state index contributed by atoms with van der Waals surface area (Å²) in [7, 11) is 1.55. The molecular formula is C13H16BrFN2O3. The van der Waals surface area contributed by atoms with Crippen LogP contribution in [0.3, 0.4) is 0 Å². The highest BCUT2D eigenvalue weighted by Crippen LogP contribution is 2.19. The smallest absolute Gasteiger partial charge is 0.313 e. The minimum atomic E-state index is -0.911. The molecule has 0 fully saturated rings. The van der Waals surface area contributed by atoms with Crippen LogP contribution in [0.2, 0.25) is 0 Å². The summed E-state index contributed by atoms with van der Waals surface area (Å²) in [6.07, 6.45) is 0.584. The Hall–Kier alpha value is -1.47. The molecule has 0 aliphatic rings. The Morgan fingerprint density at radius 1 is 1.40 bits per heavy atom. The zero-order valence-corrected chi connectivity index (χ0v) is 12.8. The van der Waals surface area contributed by atoms with Crippen LogP contribution in [-0.4, -0.2) is 31.6 Å². The van der Waals surface area contributed by atoms with Gasteiger partial charge in [0.15, 0.2) is 0 Å². The molecule has 0 aliphatic heterocycles. The minimum absolute atomic E-state index is 0.0518. The van der Waals surface area contributed by atoms with Crippen molar-refractivity contribution >= 4 is 33.4 Å². The van der Waals surface area contributed by atoms with E-state index in [0.717, 1.165) is 0 Å². The number of carbonyl (C=O) groups is 2. The van der Waals surface area contributed by atoms with Crippen molar-refractivity contribution in [2.45, 2.75) is 19.4 Å². The van der Waals surface area contributed by atoms with Crippen LogP contribution in [0.4, 0.5) is 10.1 Å². The zero-order valence-electron chi connectivity index (χ0n) is 11.2. The SMILES string of the molecule is COCC[C@H](C)NC(=O)C(=O)Nc1cc(Br)ccc1F. The fourth-order valence-corrected chi connectivity index (χ4v) is 1.79. The number of anilines is 1. The highest BCUT2D eigenvalue weighted by Gasteiger charge is 2.17. The molecule has 0 saturated heterocycles. The van der Waals surface area contributed by atoms with Gasteiger partial charge in [0.1, 0.15) is 5.82 Å². The summed E-state index contributed by atoms with van der Waals surface area (Å²) < 4.78 is 18.9. The molecule has 0 heterocycles. The Morgan fingerprint density at radius 3 is 2.75 bits per heavy atom. The number of halogens is 2. The maximum absolute atomic E-state index is 13.4. The van der Waals surface area contributed by atoms with Crippen LogP contribution in [0.1, 0.15) is 13.3 Å². The number of ether oxygens (including phenoxy) is 1. The summed E-state index contributed by atoms with van der Waals surface area (Å²) >= 11 is 3.16. The Morgan fingerprint density at radius 2 is 2.10 bits per heavy atom. The van der Waals surface area contributed by atoms with Crippen molar-refractivity contribution in [3.8, 4) is 0 Å². The number of rotatable bonds is 5. The molecule has 0 unspecified atom stereocenters. The van der Waals surface area contributed by atoms with E-state index in [9.17, 15) is 14.0 Å². The molecule has 5 nitrogen and oxygen atoms in total. The van der Waals surface area contributed by atoms with Crippen molar-refractivity contribution in [2.75, 3.05) is 19.0 Å². The van der Waals surface area contributed by atoms with E-state index < -0.39 is 17.6 Å². The first kappa shape index (κ1) is 16.6. The van der Waals surface area contributed by atoms with E-state index in [0.29, 0.717) is 17.5 Å². The van der Waals surface area contributed by atoms with Crippen molar-refractivity contribution < 1.29 is 18.7 Å². The summed E-state index contributed by atoms with van der Waals surface area (Å²) in [5.41, 5.74) is -0.0518. The van der Waals surface area contributed by atoms with Gasteiger partial charge in [0.05, 0.1) is 5.69 Å². The van der Waals surface area contributed by atoms with Gasteiger partial charge in [0.2, 0.25) is 0 Å². The van der Waals surface area contributed by atoms with Gasteiger partial charge in [-0.2, -0.15) is 0 Å². The predicted octanol–water partition coefficient (Wildman–Crippen LogP) is 2.07. The van der Waals surface area contributed by atoms with Crippen LogP contribution >= 0.6 is 15.9 Å². The maximum atomic E-state index is 13.4. The third-order valence-corrected chi connectivity index (χ3v) is 3.01. The largest absolute Gasteiger partial charge is 0.385 e. The van der Waals surface area contributed by atoms with Gasteiger partial charge < -0.3 is 15.4 Å². The van der Waals surface area contributed by atoms with Gasteiger partial charge in [-0.15, -0.1) is 0 Å². The van der Waals surface area contributed by atoms with Gasteiger partial charge in [0, 0.05) is 24.2 Å². The highest BCUT2D eigenvalue weighted by molar-refractivity contribution is 9.10. The van der Waals surface area contributed by atoms with Crippen LogP contribution < -0.4 is 10.6 Å². The molecule has 2 amide bonds. The molecule has 0 spiro atoms. The first-order chi connectivity index (χ1) is 9.43. The van der Waals surface area contributed by atoms with E-state index in [1.807, 2.05) is 0 Å². The first-order valence-corrected chi connectivity index (χ1v) is 6.79. The lowest BCUT2D eigenvalue weighted by atomic mass is 10.2. The fourth-order valence-electron chi connectivity index (χ4n) is 1.43. The molecule has 1 atom stereocenters. The number of carbonyl (C=O) groups excluding carboxylic acids is 2. The molecular weight excluding hydrogens is 331 g/mol. The molecule has 1 rings (SSSR count). The Bertz CT molecular complexity index is 497. The molecule has 0 aromatic heterocycles. The van der Waals surface area contributed by atoms with E-state index in [1.165, 1.54) is 18.2 Å². The monoisotopic (exact) mass is 346 g/mol. The fraction of sp³-hybridized carbons (Fsp3) is 0.385. The number of hydrogen-bond acceptors (Lipinski definition) is 3. The number of hydrogen-bond donors (Lipinski definition) is 2. The van der Waals surface area contributed by atoms with E-state index in [4.69, 9.17) is 4.74 Å².